The lowest BCUT2D eigenvalue weighted by atomic mass is 9.91. The molecule has 1 aromatic heterocycles. The fraction of sp³-hybridized carbons (Fsp3) is 0.304. The van der Waals surface area contributed by atoms with Gasteiger partial charge in [0.25, 0.3) is 0 Å². The maximum absolute atomic E-state index is 13.3. The maximum atomic E-state index is 13.3. The molecular formula is C23H24FN3. The number of halogens is 1. The number of benzene rings is 2. The first kappa shape index (κ1) is 17.8. The lowest BCUT2D eigenvalue weighted by Crippen LogP contribution is -2.36. The average molecular weight is 361 g/mol. The normalized spacial score (nSPS) is 17.7. The van der Waals surface area contributed by atoms with Crippen LogP contribution in [0.25, 0.3) is 11.3 Å². The highest BCUT2D eigenvalue weighted by Gasteiger charge is 2.25. The summed E-state index contributed by atoms with van der Waals surface area (Å²) in [5.74, 6) is 0.136. The molecule has 0 aliphatic carbocycles. The van der Waals surface area contributed by atoms with Crippen LogP contribution in [-0.2, 0) is 6.42 Å². The third-order valence-electron chi connectivity index (χ3n) is 5.30. The number of nitrogens with zero attached hydrogens (tertiary/aromatic N) is 3. The van der Waals surface area contributed by atoms with Crippen molar-refractivity contribution in [2.45, 2.75) is 25.2 Å². The van der Waals surface area contributed by atoms with Gasteiger partial charge in [-0.15, -0.1) is 0 Å². The fourth-order valence-corrected chi connectivity index (χ4v) is 3.89. The first-order valence-corrected chi connectivity index (χ1v) is 9.63. The Morgan fingerprint density at radius 2 is 1.74 bits per heavy atom. The molecular weight excluding hydrogens is 337 g/mol. The van der Waals surface area contributed by atoms with Gasteiger partial charge < -0.3 is 4.90 Å². The summed E-state index contributed by atoms with van der Waals surface area (Å²) in [6, 6.07) is 17.2. The van der Waals surface area contributed by atoms with E-state index in [0.29, 0.717) is 5.92 Å². The van der Waals surface area contributed by atoms with E-state index in [9.17, 15) is 4.39 Å². The molecule has 3 aromatic rings. The van der Waals surface area contributed by atoms with Crippen LogP contribution in [0.5, 0.6) is 0 Å². The van der Waals surface area contributed by atoms with Crippen LogP contribution in [0, 0.1) is 5.82 Å². The second-order valence-corrected chi connectivity index (χ2v) is 7.17. The smallest absolute Gasteiger partial charge is 0.123 e. The van der Waals surface area contributed by atoms with E-state index in [1.165, 1.54) is 24.1 Å². The van der Waals surface area contributed by atoms with Crippen LogP contribution in [0.1, 0.15) is 30.0 Å². The third kappa shape index (κ3) is 4.40. The van der Waals surface area contributed by atoms with E-state index in [4.69, 9.17) is 0 Å². The quantitative estimate of drug-likeness (QED) is 0.659. The van der Waals surface area contributed by atoms with Gasteiger partial charge in [-0.1, -0.05) is 30.3 Å². The monoisotopic (exact) mass is 361 g/mol. The van der Waals surface area contributed by atoms with Gasteiger partial charge in [-0.3, -0.25) is 9.97 Å². The Morgan fingerprint density at radius 1 is 0.963 bits per heavy atom. The van der Waals surface area contributed by atoms with Gasteiger partial charge in [0, 0.05) is 37.0 Å². The average Bonchev–Trinajstić information content (AvgIpc) is 2.74. The molecule has 3 nitrogen and oxygen atoms in total. The zero-order chi connectivity index (χ0) is 18.5. The van der Waals surface area contributed by atoms with Crippen molar-refractivity contribution < 1.29 is 4.39 Å². The van der Waals surface area contributed by atoms with Crippen LogP contribution >= 0.6 is 0 Å². The Balaban J connectivity index is 1.49. The molecule has 2 heterocycles. The van der Waals surface area contributed by atoms with E-state index >= 15 is 0 Å². The summed E-state index contributed by atoms with van der Waals surface area (Å²) >= 11 is 0. The largest absolute Gasteiger partial charge is 0.302 e. The van der Waals surface area contributed by atoms with Gasteiger partial charge in [-0.2, -0.15) is 0 Å². The third-order valence-corrected chi connectivity index (χ3v) is 5.30. The van der Waals surface area contributed by atoms with Crippen LogP contribution in [0.4, 0.5) is 4.39 Å². The SMILES string of the molecule is Fc1ccc(-c2nccnc2C2CCCN(CCc3ccccc3)C2)cc1. The number of hydrogen-bond acceptors (Lipinski definition) is 3. The van der Waals surface area contributed by atoms with Crippen molar-refractivity contribution in [2.75, 3.05) is 19.6 Å². The summed E-state index contributed by atoms with van der Waals surface area (Å²) in [6.45, 7) is 3.20. The van der Waals surface area contributed by atoms with Crippen LogP contribution < -0.4 is 0 Å². The highest BCUT2D eigenvalue weighted by atomic mass is 19.1. The van der Waals surface area contributed by atoms with Gasteiger partial charge in [0.1, 0.15) is 5.82 Å². The topological polar surface area (TPSA) is 29.0 Å². The Labute approximate surface area is 159 Å². The first-order valence-electron chi connectivity index (χ1n) is 9.63. The van der Waals surface area contributed by atoms with E-state index in [1.807, 2.05) is 0 Å². The van der Waals surface area contributed by atoms with Crippen LogP contribution in [-0.4, -0.2) is 34.5 Å². The summed E-state index contributed by atoms with van der Waals surface area (Å²) in [7, 11) is 0. The number of piperidine rings is 1. The first-order chi connectivity index (χ1) is 13.3. The van der Waals surface area contributed by atoms with Crippen molar-refractivity contribution >= 4 is 0 Å². The van der Waals surface area contributed by atoms with Crippen molar-refractivity contribution in [3.05, 3.63) is 84.1 Å². The zero-order valence-corrected chi connectivity index (χ0v) is 15.4. The Morgan fingerprint density at radius 3 is 2.56 bits per heavy atom. The number of likely N-dealkylation sites (tertiary alicyclic amines) is 1. The van der Waals surface area contributed by atoms with E-state index < -0.39 is 0 Å². The van der Waals surface area contributed by atoms with E-state index in [1.54, 1.807) is 24.5 Å². The molecule has 4 rings (SSSR count). The van der Waals surface area contributed by atoms with Crippen molar-refractivity contribution in [1.29, 1.82) is 0 Å². The van der Waals surface area contributed by atoms with E-state index in [-0.39, 0.29) is 5.82 Å². The summed E-state index contributed by atoms with van der Waals surface area (Å²) in [4.78, 5) is 11.8. The minimum absolute atomic E-state index is 0.228. The van der Waals surface area contributed by atoms with Gasteiger partial charge in [0.15, 0.2) is 0 Å². The predicted octanol–water partition coefficient (Wildman–Crippen LogP) is 4.70. The zero-order valence-electron chi connectivity index (χ0n) is 15.4. The van der Waals surface area contributed by atoms with Gasteiger partial charge in [0.2, 0.25) is 0 Å². The van der Waals surface area contributed by atoms with Crippen LogP contribution in [0.3, 0.4) is 0 Å². The Hall–Kier alpha value is -2.59. The van der Waals surface area contributed by atoms with Crippen LogP contribution in [0.2, 0.25) is 0 Å². The molecule has 0 radical (unpaired) electrons. The van der Waals surface area contributed by atoms with Crippen molar-refractivity contribution in [2.24, 2.45) is 0 Å². The molecule has 1 unspecified atom stereocenters. The molecule has 1 fully saturated rings. The molecule has 1 aliphatic heterocycles. The molecule has 27 heavy (non-hydrogen) atoms. The molecule has 2 aromatic carbocycles. The molecule has 0 N–H and O–H groups in total. The lowest BCUT2D eigenvalue weighted by Gasteiger charge is -2.33. The minimum Gasteiger partial charge on any atom is -0.302 e. The number of rotatable bonds is 5. The van der Waals surface area contributed by atoms with E-state index in [2.05, 4.69) is 45.2 Å². The van der Waals surface area contributed by atoms with Crippen molar-refractivity contribution in [3.8, 4) is 11.3 Å². The van der Waals surface area contributed by atoms with Gasteiger partial charge in [-0.05, 0) is 55.6 Å². The van der Waals surface area contributed by atoms with Gasteiger partial charge >= 0.3 is 0 Å². The maximum Gasteiger partial charge on any atom is 0.123 e. The summed E-state index contributed by atoms with van der Waals surface area (Å²) in [6.07, 6.45) is 6.84. The van der Waals surface area contributed by atoms with Crippen LogP contribution in [0.15, 0.2) is 67.0 Å². The fourth-order valence-electron chi connectivity index (χ4n) is 3.89. The summed E-state index contributed by atoms with van der Waals surface area (Å²) in [5.41, 5.74) is 4.23. The lowest BCUT2D eigenvalue weighted by molar-refractivity contribution is 0.208. The van der Waals surface area contributed by atoms with E-state index in [0.717, 1.165) is 49.4 Å². The molecule has 0 saturated carbocycles. The molecule has 4 heteroatoms. The molecule has 0 spiro atoms. The number of aromatic nitrogens is 2. The highest BCUT2D eigenvalue weighted by molar-refractivity contribution is 5.62. The molecule has 0 amide bonds. The predicted molar refractivity (Wildman–Crippen MR) is 106 cm³/mol. The summed E-state index contributed by atoms with van der Waals surface area (Å²) < 4.78 is 13.3. The Bertz CT molecular complexity index is 864. The molecule has 1 aliphatic rings. The highest BCUT2D eigenvalue weighted by Crippen LogP contribution is 2.31. The molecule has 138 valence electrons. The second-order valence-electron chi connectivity index (χ2n) is 7.17. The standard InChI is InChI=1S/C23H24FN3/c24-21-10-8-19(9-11-21)22-23(26-14-13-25-22)20-7-4-15-27(17-20)16-12-18-5-2-1-3-6-18/h1-3,5-6,8-11,13-14,20H,4,7,12,15-17H2. The van der Waals surface area contributed by atoms with Gasteiger partial charge in [0.05, 0.1) is 11.4 Å². The molecule has 0 bridgehead atoms. The summed E-state index contributed by atoms with van der Waals surface area (Å²) in [5, 5.41) is 0. The number of hydrogen-bond donors (Lipinski definition) is 0. The second kappa shape index (κ2) is 8.40. The van der Waals surface area contributed by atoms with Crippen molar-refractivity contribution in [1.82, 2.24) is 14.9 Å². The Kier molecular flexibility index (Phi) is 5.54. The van der Waals surface area contributed by atoms with Gasteiger partial charge in [-0.25, -0.2) is 4.39 Å². The van der Waals surface area contributed by atoms with Crippen molar-refractivity contribution in [3.63, 3.8) is 0 Å². The molecule has 1 atom stereocenters. The molecule has 1 saturated heterocycles. The minimum atomic E-state index is -0.228.